The molecule has 1 heterocycles. The van der Waals surface area contributed by atoms with E-state index in [1.807, 2.05) is 13.8 Å². The molecule has 0 spiro atoms. The molecule has 0 unspecified atom stereocenters. The predicted molar refractivity (Wildman–Crippen MR) is 44.3 cm³/mol. The smallest absolute Gasteiger partial charge is 0.362 e. The summed E-state index contributed by atoms with van der Waals surface area (Å²) in [6.45, 7) is 5.87. The molecule has 1 aromatic heterocycles. The van der Waals surface area contributed by atoms with Crippen LogP contribution in [0.25, 0.3) is 0 Å². The Labute approximate surface area is 76.0 Å². The second-order valence-corrected chi connectivity index (χ2v) is 2.87. The van der Waals surface area contributed by atoms with E-state index in [1.165, 1.54) is 0 Å². The molecule has 0 aliphatic rings. The maximum Gasteiger partial charge on any atom is 0.362 e. The summed E-state index contributed by atoms with van der Waals surface area (Å²) >= 11 is 0. The molecule has 0 fully saturated rings. The minimum absolute atomic E-state index is 0.102. The van der Waals surface area contributed by atoms with Gasteiger partial charge in [-0.15, -0.1) is 0 Å². The first-order valence-electron chi connectivity index (χ1n) is 4.16. The molecule has 0 N–H and O–H groups in total. The quantitative estimate of drug-likeness (QED) is 0.664. The van der Waals surface area contributed by atoms with Gasteiger partial charge < -0.3 is 4.74 Å². The van der Waals surface area contributed by atoms with Crippen molar-refractivity contribution in [3.8, 4) is 0 Å². The van der Waals surface area contributed by atoms with Gasteiger partial charge in [-0.3, -0.25) is 0 Å². The van der Waals surface area contributed by atoms with Crippen LogP contribution in [0.5, 0.6) is 0 Å². The number of ether oxygens (including phenoxy) is 1. The Balaban J connectivity index is 2.87. The van der Waals surface area contributed by atoms with E-state index >= 15 is 0 Å². The lowest BCUT2D eigenvalue weighted by Gasteiger charge is -2.00. The highest BCUT2D eigenvalue weighted by Crippen LogP contribution is 2.15. The number of hydrogen-bond acceptors (Lipinski definition) is 5. The normalized spacial score (nSPS) is 10.5. The maximum atomic E-state index is 11.2. The van der Waals surface area contributed by atoms with Gasteiger partial charge in [0.15, 0.2) is 0 Å². The van der Waals surface area contributed by atoms with Crippen molar-refractivity contribution in [2.75, 3.05) is 6.61 Å². The number of carbonyl (C=O) groups is 1. The minimum Gasteiger partial charge on any atom is -0.461 e. The molecule has 0 radical (unpaired) electrons. The first-order chi connectivity index (χ1) is 6.16. The van der Waals surface area contributed by atoms with Gasteiger partial charge in [-0.25, -0.2) is 9.42 Å². The van der Waals surface area contributed by atoms with Crippen LogP contribution in [-0.4, -0.2) is 22.9 Å². The van der Waals surface area contributed by atoms with Crippen LogP contribution < -0.4 is 0 Å². The zero-order chi connectivity index (χ0) is 9.84. The van der Waals surface area contributed by atoms with Crippen molar-refractivity contribution in [3.05, 3.63) is 11.4 Å². The van der Waals surface area contributed by atoms with E-state index in [9.17, 15) is 4.79 Å². The fourth-order valence-corrected chi connectivity index (χ4v) is 0.915. The summed E-state index contributed by atoms with van der Waals surface area (Å²) in [5, 5.41) is 7.13. The van der Waals surface area contributed by atoms with Gasteiger partial charge in [0.2, 0.25) is 5.69 Å². The molecule has 1 aromatic rings. The number of carbonyl (C=O) groups excluding carboxylic acids is 1. The zero-order valence-electron chi connectivity index (χ0n) is 7.90. The largest absolute Gasteiger partial charge is 0.461 e. The van der Waals surface area contributed by atoms with Crippen molar-refractivity contribution >= 4 is 5.97 Å². The summed E-state index contributed by atoms with van der Waals surface area (Å²) in [7, 11) is 0. The van der Waals surface area contributed by atoms with Crippen LogP contribution in [0.1, 0.15) is 42.9 Å². The summed E-state index contributed by atoms with van der Waals surface area (Å²) in [5.74, 6) is -0.377. The second-order valence-electron chi connectivity index (χ2n) is 2.87. The van der Waals surface area contributed by atoms with Crippen molar-refractivity contribution in [2.45, 2.75) is 26.7 Å². The van der Waals surface area contributed by atoms with E-state index in [2.05, 4.69) is 14.9 Å². The van der Waals surface area contributed by atoms with Gasteiger partial charge in [0, 0.05) is 5.92 Å². The summed E-state index contributed by atoms with van der Waals surface area (Å²) in [6, 6.07) is 0. The molecule has 0 saturated carbocycles. The molecule has 5 nitrogen and oxygen atoms in total. The topological polar surface area (TPSA) is 65.2 Å². The van der Waals surface area contributed by atoms with Crippen molar-refractivity contribution in [3.63, 3.8) is 0 Å². The molecule has 72 valence electrons. The van der Waals surface area contributed by atoms with Crippen LogP contribution in [0.15, 0.2) is 4.63 Å². The lowest BCUT2D eigenvalue weighted by Crippen LogP contribution is -2.08. The van der Waals surface area contributed by atoms with Crippen LogP contribution in [0.3, 0.4) is 0 Å². The lowest BCUT2D eigenvalue weighted by molar-refractivity contribution is 0.0512. The molecule has 0 amide bonds. The molecule has 0 aliphatic heterocycles. The molecular formula is C8H12N2O3. The third-order valence-corrected chi connectivity index (χ3v) is 1.53. The third-order valence-electron chi connectivity index (χ3n) is 1.53. The van der Waals surface area contributed by atoms with Crippen LogP contribution in [0.4, 0.5) is 0 Å². The number of rotatable bonds is 3. The Morgan fingerprint density at radius 1 is 1.54 bits per heavy atom. The average molecular weight is 184 g/mol. The molecule has 0 saturated heterocycles. The van der Waals surface area contributed by atoms with Crippen LogP contribution >= 0.6 is 0 Å². The number of aromatic nitrogens is 2. The number of nitrogens with zero attached hydrogens (tertiary/aromatic N) is 2. The van der Waals surface area contributed by atoms with Crippen LogP contribution in [-0.2, 0) is 4.74 Å². The Kier molecular flexibility index (Phi) is 3.00. The molecule has 0 bridgehead atoms. The van der Waals surface area contributed by atoms with E-state index in [4.69, 9.17) is 4.74 Å². The predicted octanol–water partition coefficient (Wildman–Crippen LogP) is 1.37. The summed E-state index contributed by atoms with van der Waals surface area (Å²) in [5.41, 5.74) is 0.718. The molecule has 0 atom stereocenters. The van der Waals surface area contributed by atoms with Gasteiger partial charge in [-0.05, 0) is 12.1 Å². The second kappa shape index (κ2) is 4.02. The summed E-state index contributed by atoms with van der Waals surface area (Å²) in [6.07, 6.45) is 0. The molecule has 1 rings (SSSR count). The maximum absolute atomic E-state index is 11.2. The van der Waals surface area contributed by atoms with Crippen molar-refractivity contribution < 1.29 is 14.2 Å². The molecule has 5 heteroatoms. The Hall–Kier alpha value is -1.39. The Morgan fingerprint density at radius 2 is 2.23 bits per heavy atom. The molecular weight excluding hydrogens is 172 g/mol. The van der Waals surface area contributed by atoms with E-state index in [0.29, 0.717) is 12.3 Å². The zero-order valence-corrected chi connectivity index (χ0v) is 7.90. The first kappa shape index (κ1) is 9.70. The van der Waals surface area contributed by atoms with E-state index < -0.39 is 5.97 Å². The number of hydrogen-bond donors (Lipinski definition) is 0. The van der Waals surface area contributed by atoms with Gasteiger partial charge in [0.1, 0.15) is 5.69 Å². The van der Waals surface area contributed by atoms with Gasteiger partial charge >= 0.3 is 5.97 Å². The highest BCUT2D eigenvalue weighted by Gasteiger charge is 2.21. The SMILES string of the molecule is CCOC(=O)c1nonc1C(C)C. The highest BCUT2D eigenvalue weighted by atomic mass is 16.6. The average Bonchev–Trinajstić information content (AvgIpc) is 2.52. The van der Waals surface area contributed by atoms with E-state index in [-0.39, 0.29) is 11.6 Å². The number of esters is 1. The fourth-order valence-electron chi connectivity index (χ4n) is 0.915. The third kappa shape index (κ3) is 2.05. The van der Waals surface area contributed by atoms with Gasteiger partial charge in [0.25, 0.3) is 0 Å². The van der Waals surface area contributed by atoms with E-state index in [0.717, 1.165) is 0 Å². The van der Waals surface area contributed by atoms with Gasteiger partial charge in [-0.1, -0.05) is 19.0 Å². The van der Waals surface area contributed by atoms with Crippen molar-refractivity contribution in [2.24, 2.45) is 0 Å². The monoisotopic (exact) mass is 184 g/mol. The molecule has 0 aliphatic carbocycles. The van der Waals surface area contributed by atoms with Crippen molar-refractivity contribution in [1.82, 2.24) is 10.3 Å². The summed E-state index contributed by atoms with van der Waals surface area (Å²) in [4.78, 5) is 11.2. The standard InChI is InChI=1S/C8H12N2O3/c1-4-12-8(11)7-6(5(2)3)9-13-10-7/h5H,4H2,1-3H3. The highest BCUT2D eigenvalue weighted by molar-refractivity contribution is 5.88. The van der Waals surface area contributed by atoms with Crippen LogP contribution in [0, 0.1) is 0 Å². The van der Waals surface area contributed by atoms with Crippen molar-refractivity contribution in [1.29, 1.82) is 0 Å². The summed E-state index contributed by atoms with van der Waals surface area (Å²) < 4.78 is 9.25. The minimum atomic E-state index is -0.479. The van der Waals surface area contributed by atoms with E-state index in [1.54, 1.807) is 6.92 Å². The van der Waals surface area contributed by atoms with Crippen LogP contribution in [0.2, 0.25) is 0 Å². The Bertz CT molecular complexity index is 293. The Morgan fingerprint density at radius 3 is 2.77 bits per heavy atom. The first-order valence-corrected chi connectivity index (χ1v) is 4.16. The molecule has 13 heavy (non-hydrogen) atoms. The lowest BCUT2D eigenvalue weighted by atomic mass is 10.1. The van der Waals surface area contributed by atoms with Gasteiger partial charge in [-0.2, -0.15) is 0 Å². The molecule has 0 aromatic carbocycles. The fraction of sp³-hybridized carbons (Fsp3) is 0.625. The van der Waals surface area contributed by atoms with Gasteiger partial charge in [0.05, 0.1) is 6.61 Å².